The third-order valence-corrected chi connectivity index (χ3v) is 5.48. The van der Waals surface area contributed by atoms with Gasteiger partial charge in [-0.05, 0) is 27.9 Å². The van der Waals surface area contributed by atoms with Crippen LogP contribution in [0.15, 0.2) is 0 Å². The number of thiazole rings is 1. The molecular formula is C16H30N4S. The molecule has 0 aromatic carbocycles. The second-order valence-electron chi connectivity index (χ2n) is 7.32. The SMILES string of the molecule is CNCc1sc(N2CC(C)N(C)C(C)C2)nc1C(C)(C)C. The minimum absolute atomic E-state index is 0.102. The molecule has 0 bridgehead atoms. The van der Waals surface area contributed by atoms with E-state index < -0.39 is 0 Å². The Hall–Kier alpha value is -0.650. The molecule has 2 rings (SSSR count). The fraction of sp³-hybridized carbons (Fsp3) is 0.812. The van der Waals surface area contributed by atoms with Gasteiger partial charge in [-0.3, -0.25) is 4.90 Å². The summed E-state index contributed by atoms with van der Waals surface area (Å²) in [5.74, 6) is 0. The molecule has 0 saturated carbocycles. The van der Waals surface area contributed by atoms with E-state index in [1.165, 1.54) is 15.7 Å². The molecule has 21 heavy (non-hydrogen) atoms. The quantitative estimate of drug-likeness (QED) is 0.930. The first kappa shape index (κ1) is 16.7. The normalized spacial score (nSPS) is 24.6. The van der Waals surface area contributed by atoms with E-state index >= 15 is 0 Å². The molecule has 1 saturated heterocycles. The number of piperazine rings is 1. The second kappa shape index (κ2) is 6.23. The Kier molecular flexibility index (Phi) is 4.96. The summed E-state index contributed by atoms with van der Waals surface area (Å²) in [6.45, 7) is 14.4. The minimum atomic E-state index is 0.102. The molecule has 2 atom stereocenters. The van der Waals surface area contributed by atoms with E-state index in [4.69, 9.17) is 4.98 Å². The highest BCUT2D eigenvalue weighted by Gasteiger charge is 2.30. The maximum absolute atomic E-state index is 5.00. The highest BCUT2D eigenvalue weighted by Crippen LogP contribution is 2.35. The van der Waals surface area contributed by atoms with E-state index in [2.05, 4.69) is 56.8 Å². The molecule has 5 heteroatoms. The molecule has 4 nitrogen and oxygen atoms in total. The molecule has 0 aliphatic carbocycles. The van der Waals surface area contributed by atoms with Crippen molar-refractivity contribution < 1.29 is 0 Å². The van der Waals surface area contributed by atoms with Crippen LogP contribution in [0.2, 0.25) is 0 Å². The fourth-order valence-corrected chi connectivity index (χ4v) is 4.20. The van der Waals surface area contributed by atoms with Crippen molar-refractivity contribution in [3.63, 3.8) is 0 Å². The summed E-state index contributed by atoms with van der Waals surface area (Å²) in [4.78, 5) is 11.3. The molecule has 0 spiro atoms. The van der Waals surface area contributed by atoms with Crippen LogP contribution < -0.4 is 10.2 Å². The van der Waals surface area contributed by atoms with E-state index in [-0.39, 0.29) is 5.41 Å². The fourth-order valence-electron chi connectivity index (χ4n) is 2.90. The van der Waals surface area contributed by atoms with Gasteiger partial charge in [0.15, 0.2) is 5.13 Å². The van der Waals surface area contributed by atoms with Crippen molar-refractivity contribution in [2.75, 3.05) is 32.1 Å². The maximum Gasteiger partial charge on any atom is 0.185 e. The Labute approximate surface area is 133 Å². The lowest BCUT2D eigenvalue weighted by Gasteiger charge is -2.42. The molecule has 1 fully saturated rings. The number of anilines is 1. The Bertz CT molecular complexity index is 465. The molecular weight excluding hydrogens is 280 g/mol. The summed E-state index contributed by atoms with van der Waals surface area (Å²) in [6.07, 6.45) is 0. The molecule has 2 heterocycles. The van der Waals surface area contributed by atoms with Gasteiger partial charge >= 0.3 is 0 Å². The van der Waals surface area contributed by atoms with Gasteiger partial charge < -0.3 is 10.2 Å². The zero-order chi connectivity index (χ0) is 15.8. The monoisotopic (exact) mass is 310 g/mol. The van der Waals surface area contributed by atoms with Crippen molar-refractivity contribution in [2.45, 2.75) is 58.7 Å². The summed E-state index contributed by atoms with van der Waals surface area (Å²) < 4.78 is 0. The lowest BCUT2D eigenvalue weighted by atomic mass is 9.91. The summed E-state index contributed by atoms with van der Waals surface area (Å²) in [7, 11) is 4.23. The first-order valence-electron chi connectivity index (χ1n) is 7.85. The predicted octanol–water partition coefficient (Wildman–Crippen LogP) is 2.69. The van der Waals surface area contributed by atoms with Crippen LogP contribution in [0.5, 0.6) is 0 Å². The standard InChI is InChI=1S/C16H30N4S/c1-11-9-20(10-12(2)19(11)7)15-18-14(16(3,4)5)13(21-15)8-17-6/h11-12,17H,8-10H2,1-7H3. The lowest BCUT2D eigenvalue weighted by molar-refractivity contribution is 0.170. The third-order valence-electron chi connectivity index (χ3n) is 4.36. The van der Waals surface area contributed by atoms with Crippen molar-refractivity contribution in [3.8, 4) is 0 Å². The maximum atomic E-state index is 5.00. The van der Waals surface area contributed by atoms with Crippen molar-refractivity contribution in [1.29, 1.82) is 0 Å². The van der Waals surface area contributed by atoms with Gasteiger partial charge in [-0.1, -0.05) is 20.8 Å². The van der Waals surface area contributed by atoms with Gasteiger partial charge in [-0.25, -0.2) is 4.98 Å². The molecule has 1 aliphatic heterocycles. The summed E-state index contributed by atoms with van der Waals surface area (Å²) in [6, 6.07) is 1.15. The van der Waals surface area contributed by atoms with Crippen molar-refractivity contribution in [1.82, 2.24) is 15.2 Å². The molecule has 0 amide bonds. The summed E-state index contributed by atoms with van der Waals surface area (Å²) in [5.41, 5.74) is 1.35. The number of hydrogen-bond acceptors (Lipinski definition) is 5. The molecule has 1 N–H and O–H groups in total. The Morgan fingerprint density at radius 2 is 1.81 bits per heavy atom. The number of nitrogens with one attached hydrogen (secondary N) is 1. The van der Waals surface area contributed by atoms with E-state index in [0.717, 1.165) is 19.6 Å². The summed E-state index contributed by atoms with van der Waals surface area (Å²) >= 11 is 1.86. The lowest BCUT2D eigenvalue weighted by Crippen LogP contribution is -2.55. The van der Waals surface area contributed by atoms with Gasteiger partial charge in [0.25, 0.3) is 0 Å². The second-order valence-corrected chi connectivity index (χ2v) is 8.38. The number of rotatable bonds is 3. The number of aromatic nitrogens is 1. The van der Waals surface area contributed by atoms with E-state index in [1.807, 2.05) is 18.4 Å². The van der Waals surface area contributed by atoms with Crippen LogP contribution in [0.4, 0.5) is 5.13 Å². The predicted molar refractivity (Wildman–Crippen MR) is 92.5 cm³/mol. The molecule has 0 radical (unpaired) electrons. The van der Waals surface area contributed by atoms with Crippen molar-refractivity contribution >= 4 is 16.5 Å². The first-order chi connectivity index (χ1) is 9.74. The molecule has 1 aromatic rings. The largest absolute Gasteiger partial charge is 0.345 e. The van der Waals surface area contributed by atoms with Gasteiger partial charge in [-0.15, -0.1) is 11.3 Å². The van der Waals surface area contributed by atoms with E-state index in [0.29, 0.717) is 12.1 Å². The Balaban J connectivity index is 2.28. The number of hydrogen-bond donors (Lipinski definition) is 1. The average Bonchev–Trinajstić information content (AvgIpc) is 2.80. The Morgan fingerprint density at radius 3 is 2.29 bits per heavy atom. The zero-order valence-electron chi connectivity index (χ0n) is 14.5. The first-order valence-corrected chi connectivity index (χ1v) is 8.67. The molecule has 1 aromatic heterocycles. The van der Waals surface area contributed by atoms with Crippen LogP contribution in [-0.4, -0.2) is 49.2 Å². The van der Waals surface area contributed by atoms with E-state index in [1.54, 1.807) is 0 Å². The van der Waals surface area contributed by atoms with Gasteiger partial charge in [0, 0.05) is 42.0 Å². The van der Waals surface area contributed by atoms with Crippen LogP contribution >= 0.6 is 11.3 Å². The van der Waals surface area contributed by atoms with Gasteiger partial charge in [0.05, 0.1) is 5.69 Å². The smallest absolute Gasteiger partial charge is 0.185 e. The molecule has 120 valence electrons. The summed E-state index contributed by atoms with van der Waals surface area (Å²) in [5, 5.41) is 4.47. The van der Waals surface area contributed by atoms with Gasteiger partial charge in [0.1, 0.15) is 0 Å². The Morgan fingerprint density at radius 1 is 1.24 bits per heavy atom. The topological polar surface area (TPSA) is 31.4 Å². The van der Waals surface area contributed by atoms with Crippen LogP contribution in [0.25, 0.3) is 0 Å². The van der Waals surface area contributed by atoms with Crippen LogP contribution in [0.3, 0.4) is 0 Å². The zero-order valence-corrected chi connectivity index (χ0v) is 15.3. The third kappa shape index (κ3) is 3.58. The van der Waals surface area contributed by atoms with Crippen molar-refractivity contribution in [3.05, 3.63) is 10.6 Å². The minimum Gasteiger partial charge on any atom is -0.345 e. The molecule has 2 unspecified atom stereocenters. The van der Waals surface area contributed by atoms with E-state index in [9.17, 15) is 0 Å². The molecule has 1 aliphatic rings. The van der Waals surface area contributed by atoms with Crippen LogP contribution in [0.1, 0.15) is 45.2 Å². The van der Waals surface area contributed by atoms with Gasteiger partial charge in [0.2, 0.25) is 0 Å². The van der Waals surface area contributed by atoms with Gasteiger partial charge in [-0.2, -0.15) is 0 Å². The highest BCUT2D eigenvalue weighted by molar-refractivity contribution is 7.15. The number of likely N-dealkylation sites (N-methyl/N-ethyl adjacent to an activating group) is 1. The van der Waals surface area contributed by atoms with Crippen molar-refractivity contribution in [2.24, 2.45) is 0 Å². The highest BCUT2D eigenvalue weighted by atomic mass is 32.1. The average molecular weight is 311 g/mol. The van der Waals surface area contributed by atoms with Crippen LogP contribution in [0, 0.1) is 0 Å². The number of nitrogens with zero attached hydrogens (tertiary/aromatic N) is 3. The van der Waals surface area contributed by atoms with Crippen LogP contribution in [-0.2, 0) is 12.0 Å².